The molecule has 30 heavy (non-hydrogen) atoms. The van der Waals surface area contributed by atoms with Gasteiger partial charge in [0.2, 0.25) is 4.96 Å². The van der Waals surface area contributed by atoms with Crippen LogP contribution in [0.5, 0.6) is 11.5 Å². The molecule has 0 aliphatic heterocycles. The maximum absolute atomic E-state index is 12.5. The third-order valence-electron chi connectivity index (χ3n) is 4.74. The molecule has 0 aliphatic rings. The lowest BCUT2D eigenvalue weighted by Gasteiger charge is -2.10. The van der Waals surface area contributed by atoms with Crippen LogP contribution in [-0.4, -0.2) is 41.3 Å². The largest absolute Gasteiger partial charge is 0.493 e. The number of amides is 1. The number of ether oxygens (including phenoxy) is 2. The number of fused-ring (bicyclic) bond motifs is 1. The zero-order valence-corrected chi connectivity index (χ0v) is 17.8. The van der Waals surface area contributed by atoms with E-state index in [4.69, 9.17) is 9.47 Å². The van der Waals surface area contributed by atoms with E-state index in [9.17, 15) is 4.79 Å². The van der Waals surface area contributed by atoms with E-state index in [1.165, 1.54) is 5.56 Å². The summed E-state index contributed by atoms with van der Waals surface area (Å²) in [4.78, 5) is 18.0. The van der Waals surface area contributed by atoms with E-state index in [0.29, 0.717) is 35.9 Å². The van der Waals surface area contributed by atoms with Crippen LogP contribution in [0.2, 0.25) is 0 Å². The zero-order valence-electron chi connectivity index (χ0n) is 17.0. The SMILES string of the molecule is COc1ccc(C(=O)NCCc2csc3nc(-c4cccc(C)c4)nn23)cc1OC. The van der Waals surface area contributed by atoms with Crippen molar-refractivity contribution in [1.29, 1.82) is 0 Å². The monoisotopic (exact) mass is 422 g/mol. The summed E-state index contributed by atoms with van der Waals surface area (Å²) < 4.78 is 12.3. The Morgan fingerprint density at radius 2 is 1.97 bits per heavy atom. The van der Waals surface area contributed by atoms with Crippen LogP contribution in [0.3, 0.4) is 0 Å². The summed E-state index contributed by atoms with van der Waals surface area (Å²) in [5.74, 6) is 1.66. The van der Waals surface area contributed by atoms with E-state index in [-0.39, 0.29) is 5.91 Å². The lowest BCUT2D eigenvalue weighted by atomic mass is 10.1. The fourth-order valence-corrected chi connectivity index (χ4v) is 4.04. The number of hydrogen-bond acceptors (Lipinski definition) is 6. The molecule has 1 N–H and O–H groups in total. The first kappa shape index (κ1) is 19.9. The summed E-state index contributed by atoms with van der Waals surface area (Å²) in [7, 11) is 3.11. The van der Waals surface area contributed by atoms with Crippen molar-refractivity contribution < 1.29 is 14.3 Å². The molecule has 2 aromatic heterocycles. The van der Waals surface area contributed by atoms with Gasteiger partial charge in [0.05, 0.1) is 19.9 Å². The Labute approximate surface area is 178 Å². The van der Waals surface area contributed by atoms with Gasteiger partial charge < -0.3 is 14.8 Å². The first-order chi connectivity index (χ1) is 14.6. The summed E-state index contributed by atoms with van der Waals surface area (Å²) in [6.45, 7) is 2.53. The number of nitrogens with one attached hydrogen (secondary N) is 1. The van der Waals surface area contributed by atoms with E-state index in [2.05, 4.69) is 34.5 Å². The van der Waals surface area contributed by atoms with Crippen molar-refractivity contribution in [2.24, 2.45) is 0 Å². The van der Waals surface area contributed by atoms with E-state index >= 15 is 0 Å². The quantitative estimate of drug-likeness (QED) is 0.491. The summed E-state index contributed by atoms with van der Waals surface area (Å²) in [6.07, 6.45) is 0.648. The maximum Gasteiger partial charge on any atom is 0.251 e. The molecule has 2 aromatic carbocycles. The van der Waals surface area contributed by atoms with Crippen LogP contribution in [0.25, 0.3) is 16.3 Å². The Hall–Kier alpha value is -3.39. The molecule has 154 valence electrons. The van der Waals surface area contributed by atoms with Gasteiger partial charge in [-0.1, -0.05) is 23.8 Å². The Bertz CT molecular complexity index is 1200. The first-order valence-corrected chi connectivity index (χ1v) is 10.4. The van der Waals surface area contributed by atoms with Gasteiger partial charge in [-0.15, -0.1) is 16.4 Å². The third-order valence-corrected chi connectivity index (χ3v) is 5.60. The van der Waals surface area contributed by atoms with Crippen LogP contribution in [0.1, 0.15) is 21.6 Å². The lowest BCUT2D eigenvalue weighted by Crippen LogP contribution is -2.26. The Morgan fingerprint density at radius 1 is 1.13 bits per heavy atom. The number of benzene rings is 2. The van der Waals surface area contributed by atoms with Crippen LogP contribution in [0, 0.1) is 6.92 Å². The highest BCUT2D eigenvalue weighted by Gasteiger charge is 2.13. The molecule has 0 atom stereocenters. The zero-order chi connectivity index (χ0) is 21.1. The molecule has 0 fully saturated rings. The Kier molecular flexibility index (Phi) is 5.67. The molecular formula is C22H22N4O3S. The van der Waals surface area contributed by atoms with Crippen LogP contribution in [0.15, 0.2) is 47.8 Å². The van der Waals surface area contributed by atoms with Gasteiger partial charge in [-0.25, -0.2) is 4.52 Å². The molecule has 0 spiro atoms. The number of aryl methyl sites for hydroxylation is 1. The average molecular weight is 423 g/mol. The van der Waals surface area contributed by atoms with Gasteiger partial charge in [0.15, 0.2) is 17.3 Å². The normalized spacial score (nSPS) is 10.9. The average Bonchev–Trinajstić information content (AvgIpc) is 3.35. The summed E-state index contributed by atoms with van der Waals surface area (Å²) in [6, 6.07) is 13.2. The summed E-state index contributed by atoms with van der Waals surface area (Å²) in [5.41, 5.74) is 3.70. The number of aromatic nitrogens is 3. The number of carbonyl (C=O) groups is 1. The van der Waals surface area contributed by atoms with Gasteiger partial charge in [-0.05, 0) is 31.2 Å². The fourth-order valence-electron chi connectivity index (χ4n) is 3.19. The summed E-state index contributed by atoms with van der Waals surface area (Å²) in [5, 5.41) is 9.62. The van der Waals surface area contributed by atoms with E-state index in [1.54, 1.807) is 43.8 Å². The standard InChI is InChI=1S/C22H22N4O3S/c1-14-5-4-6-15(11-14)20-24-22-26(25-20)17(13-30-22)9-10-23-21(27)16-7-8-18(28-2)19(12-16)29-3/h4-8,11-13H,9-10H2,1-3H3,(H,23,27). The molecular weight excluding hydrogens is 400 g/mol. The van der Waals surface area contributed by atoms with Gasteiger partial charge in [-0.2, -0.15) is 4.98 Å². The van der Waals surface area contributed by atoms with Crippen molar-refractivity contribution in [2.45, 2.75) is 13.3 Å². The van der Waals surface area contributed by atoms with Gasteiger partial charge in [-0.3, -0.25) is 4.79 Å². The van der Waals surface area contributed by atoms with Gasteiger partial charge >= 0.3 is 0 Å². The van der Waals surface area contributed by atoms with Crippen molar-refractivity contribution in [2.75, 3.05) is 20.8 Å². The highest BCUT2D eigenvalue weighted by atomic mass is 32.1. The molecule has 0 radical (unpaired) electrons. The number of carbonyl (C=O) groups excluding carboxylic acids is 1. The summed E-state index contributed by atoms with van der Waals surface area (Å²) >= 11 is 1.54. The van der Waals surface area contributed by atoms with Crippen molar-refractivity contribution in [1.82, 2.24) is 19.9 Å². The number of methoxy groups -OCH3 is 2. The third kappa shape index (κ3) is 3.99. The highest BCUT2D eigenvalue weighted by Crippen LogP contribution is 2.27. The molecule has 4 rings (SSSR count). The fraction of sp³-hybridized carbons (Fsp3) is 0.227. The number of rotatable bonds is 7. The second-order valence-electron chi connectivity index (χ2n) is 6.80. The Balaban J connectivity index is 1.43. The molecule has 8 heteroatoms. The predicted octanol–water partition coefficient (Wildman–Crippen LogP) is 3.76. The van der Waals surface area contributed by atoms with Crippen LogP contribution >= 0.6 is 11.3 Å². The maximum atomic E-state index is 12.5. The molecule has 0 saturated heterocycles. The highest BCUT2D eigenvalue weighted by molar-refractivity contribution is 7.15. The molecule has 0 aliphatic carbocycles. The van der Waals surface area contributed by atoms with E-state index in [1.807, 2.05) is 22.0 Å². The molecule has 0 unspecified atom stereocenters. The van der Waals surface area contributed by atoms with Crippen molar-refractivity contribution in [3.63, 3.8) is 0 Å². The minimum atomic E-state index is -0.165. The molecule has 4 aromatic rings. The Morgan fingerprint density at radius 3 is 2.73 bits per heavy atom. The number of thiazole rings is 1. The molecule has 2 heterocycles. The molecule has 1 amide bonds. The van der Waals surface area contributed by atoms with Gasteiger partial charge in [0, 0.05) is 29.5 Å². The number of hydrogen-bond donors (Lipinski definition) is 1. The minimum Gasteiger partial charge on any atom is -0.493 e. The predicted molar refractivity (Wildman–Crippen MR) is 117 cm³/mol. The van der Waals surface area contributed by atoms with E-state index < -0.39 is 0 Å². The smallest absolute Gasteiger partial charge is 0.251 e. The van der Waals surface area contributed by atoms with Crippen molar-refractivity contribution in [3.8, 4) is 22.9 Å². The second kappa shape index (κ2) is 8.54. The topological polar surface area (TPSA) is 77.8 Å². The van der Waals surface area contributed by atoms with Crippen LogP contribution < -0.4 is 14.8 Å². The van der Waals surface area contributed by atoms with Crippen LogP contribution in [0.4, 0.5) is 0 Å². The molecule has 0 saturated carbocycles. The van der Waals surface area contributed by atoms with Crippen molar-refractivity contribution >= 4 is 22.2 Å². The van der Waals surface area contributed by atoms with Crippen LogP contribution in [-0.2, 0) is 6.42 Å². The molecule has 7 nitrogen and oxygen atoms in total. The number of nitrogens with zero attached hydrogens (tertiary/aromatic N) is 3. The first-order valence-electron chi connectivity index (χ1n) is 9.49. The molecule has 0 bridgehead atoms. The van der Waals surface area contributed by atoms with E-state index in [0.717, 1.165) is 16.2 Å². The second-order valence-corrected chi connectivity index (χ2v) is 7.64. The van der Waals surface area contributed by atoms with Gasteiger partial charge in [0.25, 0.3) is 5.91 Å². The van der Waals surface area contributed by atoms with Crippen molar-refractivity contribution in [3.05, 3.63) is 64.7 Å². The minimum absolute atomic E-state index is 0.165. The lowest BCUT2D eigenvalue weighted by molar-refractivity contribution is 0.0953. The van der Waals surface area contributed by atoms with Gasteiger partial charge in [0.1, 0.15) is 0 Å².